The Kier molecular flexibility index (Phi) is 5.43. The van der Waals surface area contributed by atoms with Gasteiger partial charge in [-0.05, 0) is 98.5 Å². The Hall–Kier alpha value is -2.85. The van der Waals surface area contributed by atoms with E-state index < -0.39 is 0 Å². The van der Waals surface area contributed by atoms with E-state index in [1.54, 1.807) is 0 Å². The number of nitriles is 1. The Morgan fingerprint density at radius 2 is 1.29 bits per heavy atom. The highest BCUT2D eigenvalue weighted by Crippen LogP contribution is 2.40. The molecule has 28 heavy (non-hydrogen) atoms. The molecule has 0 aromatic heterocycles. The molecule has 0 fully saturated rings. The van der Waals surface area contributed by atoms with Gasteiger partial charge >= 0.3 is 0 Å². The van der Waals surface area contributed by atoms with Crippen molar-refractivity contribution in [2.24, 2.45) is 0 Å². The van der Waals surface area contributed by atoms with E-state index in [9.17, 15) is 5.26 Å². The Balaban J connectivity index is 2.41. The predicted molar refractivity (Wildman–Crippen MR) is 118 cm³/mol. The SMILES string of the molecule is Cc1cc(C)c(C)c(C(c2ccccc2C)c2cc(C)c(C#N)c(C)c2C)c1. The van der Waals surface area contributed by atoms with Crippen LogP contribution in [-0.2, 0) is 0 Å². The molecule has 1 unspecified atom stereocenters. The molecule has 3 aromatic carbocycles. The van der Waals surface area contributed by atoms with Crippen LogP contribution in [0.2, 0.25) is 0 Å². The van der Waals surface area contributed by atoms with Gasteiger partial charge in [0.1, 0.15) is 0 Å². The zero-order valence-electron chi connectivity index (χ0n) is 18.1. The van der Waals surface area contributed by atoms with E-state index in [1.165, 1.54) is 44.5 Å². The summed E-state index contributed by atoms with van der Waals surface area (Å²) in [5, 5.41) is 9.60. The maximum atomic E-state index is 9.60. The Labute approximate surface area is 169 Å². The van der Waals surface area contributed by atoms with Crippen molar-refractivity contribution in [1.82, 2.24) is 0 Å². The first-order valence-corrected chi connectivity index (χ1v) is 9.90. The van der Waals surface area contributed by atoms with Crippen LogP contribution in [0.1, 0.15) is 67.1 Å². The van der Waals surface area contributed by atoms with E-state index in [4.69, 9.17) is 0 Å². The van der Waals surface area contributed by atoms with Crippen molar-refractivity contribution in [2.45, 2.75) is 54.4 Å². The number of rotatable bonds is 3. The summed E-state index contributed by atoms with van der Waals surface area (Å²) >= 11 is 0. The highest BCUT2D eigenvalue weighted by Gasteiger charge is 2.24. The van der Waals surface area contributed by atoms with Gasteiger partial charge in [-0.2, -0.15) is 5.26 Å². The molecule has 3 rings (SSSR count). The molecule has 0 bridgehead atoms. The maximum Gasteiger partial charge on any atom is 0.0997 e. The molecule has 0 heterocycles. The van der Waals surface area contributed by atoms with Gasteiger partial charge in [0.2, 0.25) is 0 Å². The summed E-state index contributed by atoms with van der Waals surface area (Å²) in [6.45, 7) is 15.1. The summed E-state index contributed by atoms with van der Waals surface area (Å²) in [4.78, 5) is 0. The minimum Gasteiger partial charge on any atom is -0.192 e. The van der Waals surface area contributed by atoms with Crippen LogP contribution in [0.15, 0.2) is 42.5 Å². The molecule has 142 valence electrons. The molecule has 0 aliphatic rings. The van der Waals surface area contributed by atoms with Gasteiger partial charge in [-0.1, -0.05) is 48.0 Å². The van der Waals surface area contributed by atoms with Crippen LogP contribution in [-0.4, -0.2) is 0 Å². The summed E-state index contributed by atoms with van der Waals surface area (Å²) in [7, 11) is 0. The van der Waals surface area contributed by atoms with Crippen LogP contribution in [0.3, 0.4) is 0 Å². The second-order valence-corrected chi connectivity index (χ2v) is 8.11. The zero-order chi connectivity index (χ0) is 20.6. The van der Waals surface area contributed by atoms with Crippen LogP contribution < -0.4 is 0 Å². The molecule has 0 saturated heterocycles. The molecule has 0 radical (unpaired) electrons. The molecule has 0 saturated carbocycles. The van der Waals surface area contributed by atoms with Gasteiger partial charge in [-0.15, -0.1) is 0 Å². The van der Waals surface area contributed by atoms with Crippen LogP contribution in [0.4, 0.5) is 0 Å². The molecule has 1 heteroatoms. The summed E-state index contributed by atoms with van der Waals surface area (Å²) < 4.78 is 0. The maximum absolute atomic E-state index is 9.60. The molecule has 0 aliphatic carbocycles. The van der Waals surface area contributed by atoms with E-state index in [0.29, 0.717) is 0 Å². The van der Waals surface area contributed by atoms with E-state index >= 15 is 0 Å². The number of benzene rings is 3. The average Bonchev–Trinajstić information content (AvgIpc) is 2.65. The van der Waals surface area contributed by atoms with Crippen LogP contribution in [0, 0.1) is 59.8 Å². The minimum atomic E-state index is 0.157. The van der Waals surface area contributed by atoms with Gasteiger partial charge in [0, 0.05) is 5.92 Å². The standard InChI is InChI=1S/C27H29N/c1-16-12-18(3)20(5)24(13-16)27(23-11-9-8-10-17(23)2)25-14-19(4)26(15-28)22(7)21(25)6/h8-14,27H,1-7H3. The Bertz CT molecular complexity index is 1100. The molecule has 0 N–H and O–H groups in total. The molecule has 1 nitrogen and oxygen atoms in total. The van der Waals surface area contributed by atoms with Gasteiger partial charge < -0.3 is 0 Å². The van der Waals surface area contributed by atoms with Gasteiger partial charge in [-0.3, -0.25) is 0 Å². The molecule has 0 amide bonds. The van der Waals surface area contributed by atoms with Gasteiger partial charge in [-0.25, -0.2) is 0 Å². The Morgan fingerprint density at radius 3 is 1.93 bits per heavy atom. The second kappa shape index (κ2) is 7.64. The zero-order valence-corrected chi connectivity index (χ0v) is 18.1. The van der Waals surface area contributed by atoms with Crippen LogP contribution in [0.5, 0.6) is 0 Å². The summed E-state index contributed by atoms with van der Waals surface area (Å²) in [5.74, 6) is 0.157. The average molecular weight is 368 g/mol. The third-order valence-corrected chi connectivity index (χ3v) is 6.22. The number of hydrogen-bond donors (Lipinski definition) is 0. The minimum absolute atomic E-state index is 0.157. The summed E-state index contributed by atoms with van der Waals surface area (Å²) in [6.07, 6.45) is 0. The van der Waals surface area contributed by atoms with Gasteiger partial charge in [0.25, 0.3) is 0 Å². The molecule has 1 atom stereocenters. The molecule has 0 spiro atoms. The lowest BCUT2D eigenvalue weighted by atomic mass is 9.76. The fourth-order valence-electron chi connectivity index (χ4n) is 4.37. The first-order chi connectivity index (χ1) is 13.3. The topological polar surface area (TPSA) is 23.8 Å². The first-order valence-electron chi connectivity index (χ1n) is 9.90. The second-order valence-electron chi connectivity index (χ2n) is 8.11. The monoisotopic (exact) mass is 367 g/mol. The highest BCUT2D eigenvalue weighted by molar-refractivity contribution is 5.58. The van der Waals surface area contributed by atoms with Crippen molar-refractivity contribution in [1.29, 1.82) is 5.26 Å². The van der Waals surface area contributed by atoms with E-state index in [1.807, 2.05) is 0 Å². The van der Waals surface area contributed by atoms with Crippen molar-refractivity contribution in [2.75, 3.05) is 0 Å². The van der Waals surface area contributed by atoms with Gasteiger partial charge in [0.15, 0.2) is 0 Å². The predicted octanol–water partition coefficient (Wildman–Crippen LogP) is 6.90. The quantitative estimate of drug-likeness (QED) is 0.462. The highest BCUT2D eigenvalue weighted by atomic mass is 14.3. The fraction of sp³-hybridized carbons (Fsp3) is 0.296. The largest absolute Gasteiger partial charge is 0.192 e. The number of hydrogen-bond acceptors (Lipinski definition) is 1. The van der Waals surface area contributed by atoms with Crippen molar-refractivity contribution >= 4 is 0 Å². The fourth-order valence-corrected chi connectivity index (χ4v) is 4.37. The first kappa shape index (κ1) is 19.9. The lowest BCUT2D eigenvalue weighted by Gasteiger charge is -2.27. The lowest BCUT2D eigenvalue weighted by Crippen LogP contribution is -2.12. The lowest BCUT2D eigenvalue weighted by molar-refractivity contribution is 0.922. The van der Waals surface area contributed by atoms with E-state index in [0.717, 1.165) is 16.7 Å². The van der Waals surface area contributed by atoms with Crippen molar-refractivity contribution in [3.8, 4) is 6.07 Å². The smallest absolute Gasteiger partial charge is 0.0997 e. The Morgan fingerprint density at radius 1 is 0.643 bits per heavy atom. The molecular weight excluding hydrogens is 338 g/mol. The third kappa shape index (κ3) is 3.36. The van der Waals surface area contributed by atoms with Crippen LogP contribution in [0.25, 0.3) is 0 Å². The molecule has 3 aromatic rings. The van der Waals surface area contributed by atoms with E-state index in [-0.39, 0.29) is 5.92 Å². The summed E-state index contributed by atoms with van der Waals surface area (Å²) in [6, 6.07) is 17.9. The third-order valence-electron chi connectivity index (χ3n) is 6.22. The van der Waals surface area contributed by atoms with E-state index in [2.05, 4.69) is 97.0 Å². The van der Waals surface area contributed by atoms with Gasteiger partial charge in [0.05, 0.1) is 11.6 Å². The number of nitrogens with zero attached hydrogens (tertiary/aromatic N) is 1. The molecular formula is C27H29N. The summed E-state index contributed by atoms with van der Waals surface area (Å²) in [5.41, 5.74) is 13.4. The number of aryl methyl sites for hydroxylation is 4. The van der Waals surface area contributed by atoms with Crippen molar-refractivity contribution in [3.05, 3.63) is 104 Å². The van der Waals surface area contributed by atoms with Crippen LogP contribution >= 0.6 is 0 Å². The normalized spacial score (nSPS) is 11.9. The molecule has 0 aliphatic heterocycles. The van der Waals surface area contributed by atoms with Crippen molar-refractivity contribution in [3.63, 3.8) is 0 Å². The van der Waals surface area contributed by atoms with Crippen molar-refractivity contribution < 1.29 is 0 Å².